The minimum atomic E-state index is -1.34. The molecular weight excluding hydrogens is 637 g/mol. The van der Waals surface area contributed by atoms with Crippen molar-refractivity contribution < 1.29 is 27.9 Å². The van der Waals surface area contributed by atoms with E-state index in [4.69, 9.17) is 4.74 Å². The van der Waals surface area contributed by atoms with Crippen LogP contribution in [0.4, 0.5) is 13.6 Å². The predicted octanol–water partition coefficient (Wildman–Crippen LogP) is 8.17. The van der Waals surface area contributed by atoms with Gasteiger partial charge in [-0.05, 0) is 47.7 Å². The van der Waals surface area contributed by atoms with Gasteiger partial charge in [0.05, 0.1) is 18.4 Å². The van der Waals surface area contributed by atoms with Crippen LogP contribution in [-0.2, 0) is 20.9 Å². The molecule has 3 aromatic rings. The van der Waals surface area contributed by atoms with Crippen LogP contribution in [0.25, 0.3) is 11.1 Å². The van der Waals surface area contributed by atoms with Crippen molar-refractivity contribution in [1.29, 1.82) is 0 Å². The number of ether oxygens (including phenoxy) is 1. The second-order valence-corrected chi connectivity index (χ2v) is 20.7. The van der Waals surface area contributed by atoms with E-state index in [1.807, 2.05) is 72.8 Å². The molecule has 0 spiro atoms. The van der Waals surface area contributed by atoms with Crippen molar-refractivity contribution in [3.05, 3.63) is 83.7 Å². The third kappa shape index (κ3) is 12.3. The molecule has 0 aliphatic rings. The summed E-state index contributed by atoms with van der Waals surface area (Å²) in [6, 6.07) is 15.5. The Morgan fingerprint density at radius 3 is 2.47 bits per heavy atom. The van der Waals surface area contributed by atoms with E-state index in [9.17, 15) is 18.8 Å². The maximum atomic E-state index is 15.0. The molecular formula is C36H49F2N3O4SSi. The number of carbonyl (C=O) groups excluding carboxylic acids is 3. The van der Waals surface area contributed by atoms with E-state index < -0.39 is 37.3 Å². The average molecular weight is 686 g/mol. The first-order chi connectivity index (χ1) is 22.2. The number of hydrogen-bond donors (Lipinski definition) is 1. The summed E-state index contributed by atoms with van der Waals surface area (Å²) < 4.78 is 36.7. The molecule has 2 aromatic carbocycles. The van der Waals surface area contributed by atoms with Gasteiger partial charge in [0.25, 0.3) is 0 Å². The summed E-state index contributed by atoms with van der Waals surface area (Å²) in [6.45, 7) is 14.3. The molecule has 0 bridgehead atoms. The molecule has 0 aliphatic carbocycles. The number of benzene rings is 2. The van der Waals surface area contributed by atoms with Gasteiger partial charge in [-0.1, -0.05) is 70.7 Å². The van der Waals surface area contributed by atoms with Crippen LogP contribution >= 0.6 is 11.8 Å². The molecule has 0 saturated carbocycles. The molecule has 0 saturated heterocycles. The first kappa shape index (κ1) is 38.0. The molecule has 0 radical (unpaired) electrons. The number of nitrogens with zero attached hydrogens (tertiary/aromatic N) is 2. The number of aldehydes is 1. The van der Waals surface area contributed by atoms with Gasteiger partial charge in [0.1, 0.15) is 17.9 Å². The number of thioether (sulfide) groups is 1. The minimum Gasteiger partial charge on any atom is -0.450 e. The van der Waals surface area contributed by atoms with Gasteiger partial charge in [0.2, 0.25) is 5.91 Å². The van der Waals surface area contributed by atoms with Crippen molar-refractivity contribution in [2.75, 3.05) is 31.2 Å². The number of amides is 2. The number of alkyl carbamates (subject to hydrolysis) is 1. The van der Waals surface area contributed by atoms with Crippen LogP contribution in [0.15, 0.2) is 60.8 Å². The topological polar surface area (TPSA) is 80.6 Å². The van der Waals surface area contributed by atoms with Gasteiger partial charge >= 0.3 is 6.09 Å². The van der Waals surface area contributed by atoms with Crippen LogP contribution in [0.5, 0.6) is 0 Å². The zero-order valence-electron chi connectivity index (χ0n) is 28.5. The Kier molecular flexibility index (Phi) is 14.3. The summed E-state index contributed by atoms with van der Waals surface area (Å²) in [4.78, 5) is 39.0. The predicted molar refractivity (Wildman–Crippen MR) is 189 cm³/mol. The minimum absolute atomic E-state index is 0.107. The quantitative estimate of drug-likeness (QED) is 0.0881. The first-order valence-electron chi connectivity index (χ1n) is 16.1. The molecule has 1 N–H and O–H groups in total. The first-order valence-corrected chi connectivity index (χ1v) is 21.0. The van der Waals surface area contributed by atoms with Gasteiger partial charge in [-0.15, -0.1) is 0 Å². The van der Waals surface area contributed by atoms with E-state index in [0.717, 1.165) is 35.7 Å². The smallest absolute Gasteiger partial charge is 0.407 e. The van der Waals surface area contributed by atoms with Gasteiger partial charge in [-0.25, -0.2) is 13.6 Å². The Labute approximate surface area is 283 Å². The summed E-state index contributed by atoms with van der Waals surface area (Å²) in [5, 5.41) is 2.81. The number of aromatic nitrogens is 1. The molecule has 47 heavy (non-hydrogen) atoms. The highest BCUT2D eigenvalue weighted by molar-refractivity contribution is 7.99. The fourth-order valence-electron chi connectivity index (χ4n) is 5.32. The Morgan fingerprint density at radius 1 is 1.09 bits per heavy atom. The lowest BCUT2D eigenvalue weighted by atomic mass is 9.83. The van der Waals surface area contributed by atoms with E-state index in [1.165, 1.54) is 17.8 Å². The SMILES string of the molecule is CC(C)(C)[C@H](c1cc(-c2cc(F)ccc2F)cn1Cc1ccccc1)N(CCCNC(=O)OCC[Si](C)(C)C)C(=O)CSCCC=O. The largest absolute Gasteiger partial charge is 0.450 e. The second kappa shape index (κ2) is 17.6. The van der Waals surface area contributed by atoms with Crippen LogP contribution in [0.2, 0.25) is 25.7 Å². The molecule has 256 valence electrons. The lowest BCUT2D eigenvalue weighted by Gasteiger charge is -2.41. The Bertz CT molecular complexity index is 1470. The molecule has 11 heteroatoms. The van der Waals surface area contributed by atoms with Gasteiger partial charge in [-0.3, -0.25) is 4.79 Å². The number of hydrogen-bond acceptors (Lipinski definition) is 5. The standard InChI is InChI=1S/C36H49F2N3O4SSi/c1-36(2,3)34(41(33(43)26-46-20-11-18-42)17-10-16-39-35(44)45-19-21-47(4,5)6)32-22-28(30-23-29(37)14-15-31(30)38)25-40(32)24-27-12-8-7-9-13-27/h7-9,12-15,18,22-23,25,34H,10-11,16-17,19-21,24,26H2,1-6H3,(H,39,44)/t34-/m0/s1. The molecule has 0 fully saturated rings. The lowest BCUT2D eigenvalue weighted by Crippen LogP contribution is -2.44. The Balaban J connectivity index is 1.97. The van der Waals surface area contributed by atoms with Crippen molar-refractivity contribution in [3.63, 3.8) is 0 Å². The highest BCUT2D eigenvalue weighted by Gasteiger charge is 2.37. The lowest BCUT2D eigenvalue weighted by molar-refractivity contribution is -0.133. The molecule has 2 amide bonds. The monoisotopic (exact) mass is 685 g/mol. The van der Waals surface area contributed by atoms with E-state index in [-0.39, 0.29) is 17.2 Å². The van der Waals surface area contributed by atoms with Gasteiger partial charge < -0.3 is 24.3 Å². The molecule has 1 aromatic heterocycles. The third-order valence-corrected chi connectivity index (χ3v) is 10.3. The summed E-state index contributed by atoms with van der Waals surface area (Å²) in [5.41, 5.74) is 1.98. The van der Waals surface area contributed by atoms with Gasteiger partial charge in [-0.2, -0.15) is 11.8 Å². The summed E-state index contributed by atoms with van der Waals surface area (Å²) in [7, 11) is -1.34. The van der Waals surface area contributed by atoms with Crippen LogP contribution in [0.1, 0.15) is 50.9 Å². The highest BCUT2D eigenvalue weighted by atomic mass is 32.2. The van der Waals surface area contributed by atoms with Gasteiger partial charge in [0.15, 0.2) is 0 Å². The van der Waals surface area contributed by atoms with E-state index in [1.54, 1.807) is 0 Å². The Hall–Kier alpha value is -3.44. The zero-order chi connectivity index (χ0) is 34.6. The average Bonchev–Trinajstić information content (AvgIpc) is 3.39. The van der Waals surface area contributed by atoms with Crippen molar-refractivity contribution in [1.82, 2.24) is 14.8 Å². The molecule has 0 aliphatic heterocycles. The number of carbonyl (C=O) groups is 3. The molecule has 3 rings (SSSR count). The van der Waals surface area contributed by atoms with Crippen LogP contribution < -0.4 is 5.32 Å². The zero-order valence-corrected chi connectivity index (χ0v) is 30.3. The van der Waals surface area contributed by atoms with E-state index in [0.29, 0.717) is 50.4 Å². The maximum Gasteiger partial charge on any atom is 0.407 e. The highest BCUT2D eigenvalue weighted by Crippen LogP contribution is 2.41. The number of nitrogens with one attached hydrogen (secondary N) is 1. The van der Waals surface area contributed by atoms with Crippen molar-refractivity contribution >= 4 is 38.1 Å². The fraction of sp³-hybridized carbons (Fsp3) is 0.472. The fourth-order valence-corrected chi connectivity index (χ4v) is 6.79. The van der Waals surface area contributed by atoms with Crippen molar-refractivity contribution in [3.8, 4) is 11.1 Å². The van der Waals surface area contributed by atoms with Crippen LogP contribution in [0.3, 0.4) is 0 Å². The molecule has 7 nitrogen and oxygen atoms in total. The van der Waals surface area contributed by atoms with Gasteiger partial charge in [0, 0.05) is 62.9 Å². The van der Waals surface area contributed by atoms with Crippen molar-refractivity contribution in [2.45, 2.75) is 71.9 Å². The normalized spacial score (nSPS) is 12.4. The molecule has 0 unspecified atom stereocenters. The molecule has 1 heterocycles. The maximum absolute atomic E-state index is 15.0. The second-order valence-electron chi connectivity index (χ2n) is 14.0. The summed E-state index contributed by atoms with van der Waals surface area (Å²) in [5.74, 6) is -0.477. The Morgan fingerprint density at radius 2 is 1.81 bits per heavy atom. The van der Waals surface area contributed by atoms with Crippen molar-refractivity contribution in [2.24, 2.45) is 5.41 Å². The molecule has 1 atom stereocenters. The van der Waals surface area contributed by atoms with Crippen LogP contribution in [-0.4, -0.2) is 67.0 Å². The summed E-state index contributed by atoms with van der Waals surface area (Å²) in [6.07, 6.45) is 3.01. The van der Waals surface area contributed by atoms with Crippen LogP contribution in [0, 0.1) is 17.0 Å². The third-order valence-electron chi connectivity index (χ3n) is 7.63. The van der Waals surface area contributed by atoms with E-state index in [2.05, 4.69) is 25.0 Å². The number of halogens is 2. The van der Waals surface area contributed by atoms with E-state index >= 15 is 4.39 Å². The number of rotatable bonds is 17. The summed E-state index contributed by atoms with van der Waals surface area (Å²) >= 11 is 1.40.